The number of fused-ring (bicyclic) bond motifs is 1. The molecule has 2 aromatic rings. The minimum Gasteiger partial charge on any atom is -0.487 e. The van der Waals surface area contributed by atoms with Crippen molar-refractivity contribution in [1.82, 2.24) is 10.2 Å². The molecule has 2 amide bonds. The second-order valence-corrected chi connectivity index (χ2v) is 11.4. The number of carboxylic acid groups (broad SMARTS) is 1. The van der Waals surface area contributed by atoms with Crippen LogP contribution >= 0.6 is 0 Å². The zero-order valence-electron chi connectivity index (χ0n) is 24.7. The normalized spacial score (nSPS) is 22.0. The molecule has 1 saturated carbocycles. The van der Waals surface area contributed by atoms with Gasteiger partial charge in [-0.15, -0.1) is 0 Å². The Kier molecular flexibility index (Phi) is 10.9. The summed E-state index contributed by atoms with van der Waals surface area (Å²) in [6.07, 6.45) is -1.43. The fraction of sp³-hybridized carbons (Fsp3) is 0.533. The number of hydrogen-bond acceptors (Lipinski definition) is 5. The molecule has 1 heterocycles. The van der Waals surface area contributed by atoms with Gasteiger partial charge >= 0.3 is 18.2 Å². The first-order valence-electron chi connectivity index (χ1n) is 14.0. The molecule has 3 atom stereocenters. The van der Waals surface area contributed by atoms with Crippen LogP contribution in [0.2, 0.25) is 0 Å². The van der Waals surface area contributed by atoms with Crippen LogP contribution in [0.25, 0.3) is 0 Å². The summed E-state index contributed by atoms with van der Waals surface area (Å²) in [6.45, 7) is 9.01. The highest BCUT2D eigenvalue weighted by Crippen LogP contribution is 2.50. The lowest BCUT2D eigenvalue weighted by Crippen LogP contribution is -2.52. The second kappa shape index (κ2) is 13.8. The lowest BCUT2D eigenvalue weighted by atomic mass is 9.65. The van der Waals surface area contributed by atoms with Crippen molar-refractivity contribution in [2.45, 2.75) is 89.3 Å². The number of likely N-dealkylation sites (tertiary alicyclic amines) is 1. The first-order valence-corrected chi connectivity index (χ1v) is 14.0. The first-order chi connectivity index (χ1) is 20.0. The lowest BCUT2D eigenvalue weighted by Gasteiger charge is -2.45. The summed E-state index contributed by atoms with van der Waals surface area (Å²) in [4.78, 5) is 23.9. The fourth-order valence-corrected chi connectivity index (χ4v) is 5.69. The Balaban J connectivity index is 0.000000646. The average Bonchev–Trinajstić information content (AvgIpc) is 3.23. The Morgan fingerprint density at radius 1 is 0.977 bits per heavy atom. The van der Waals surface area contributed by atoms with E-state index < -0.39 is 29.8 Å². The summed E-state index contributed by atoms with van der Waals surface area (Å²) >= 11 is 0. The third-order valence-corrected chi connectivity index (χ3v) is 7.53. The van der Waals surface area contributed by atoms with Crippen molar-refractivity contribution in [3.63, 3.8) is 0 Å². The monoisotopic (exact) mass is 615 g/mol. The number of carbonyl (C=O) groups excluding carboxylic acids is 1. The van der Waals surface area contributed by atoms with Gasteiger partial charge < -0.3 is 30.1 Å². The molecule has 8 nitrogen and oxygen atoms in total. The van der Waals surface area contributed by atoms with Crippen LogP contribution in [0.4, 0.5) is 32.4 Å². The maximum absolute atomic E-state index is 13.5. The predicted molar refractivity (Wildman–Crippen MR) is 151 cm³/mol. The van der Waals surface area contributed by atoms with Crippen molar-refractivity contribution in [1.29, 1.82) is 0 Å². The molecule has 2 fully saturated rings. The van der Waals surface area contributed by atoms with E-state index in [-0.39, 0.29) is 35.4 Å². The van der Waals surface area contributed by atoms with Gasteiger partial charge in [0.1, 0.15) is 0 Å². The topological polar surface area (TPSA) is 100 Å². The number of halogens is 5. The number of urea groups is 1. The van der Waals surface area contributed by atoms with E-state index in [9.17, 15) is 26.7 Å². The van der Waals surface area contributed by atoms with Crippen molar-refractivity contribution in [3.8, 4) is 11.5 Å². The number of carbonyl (C=O) groups is 2. The number of amides is 2. The Morgan fingerprint density at radius 2 is 1.60 bits per heavy atom. The Bertz CT molecular complexity index is 1290. The highest BCUT2D eigenvalue weighted by molar-refractivity contribution is 5.89. The van der Waals surface area contributed by atoms with Crippen LogP contribution in [-0.2, 0) is 10.2 Å². The molecular weight excluding hydrogens is 577 g/mol. The van der Waals surface area contributed by atoms with Crippen molar-refractivity contribution in [3.05, 3.63) is 53.6 Å². The summed E-state index contributed by atoms with van der Waals surface area (Å²) in [7, 11) is 2.14. The molecule has 0 spiro atoms. The lowest BCUT2D eigenvalue weighted by molar-refractivity contribution is -0.192. The van der Waals surface area contributed by atoms with Crippen LogP contribution in [0.1, 0.15) is 58.9 Å². The Labute approximate surface area is 247 Å². The van der Waals surface area contributed by atoms with Crippen LogP contribution in [0.3, 0.4) is 0 Å². The number of aliphatic carboxylic acids is 1. The second-order valence-electron chi connectivity index (χ2n) is 11.4. The maximum Gasteiger partial charge on any atom is 0.490 e. The smallest absolute Gasteiger partial charge is 0.487 e. The first kappa shape index (κ1) is 33.9. The van der Waals surface area contributed by atoms with Crippen molar-refractivity contribution >= 4 is 17.7 Å². The van der Waals surface area contributed by atoms with E-state index in [4.69, 9.17) is 19.4 Å². The van der Waals surface area contributed by atoms with Gasteiger partial charge in [-0.3, -0.25) is 0 Å². The van der Waals surface area contributed by atoms with Crippen LogP contribution < -0.4 is 20.1 Å². The van der Waals surface area contributed by atoms with Gasteiger partial charge in [0.2, 0.25) is 0 Å². The highest BCUT2D eigenvalue weighted by Gasteiger charge is 2.50. The van der Waals surface area contributed by atoms with Crippen LogP contribution in [0, 0.1) is 11.6 Å². The molecule has 13 heteroatoms. The standard InChI is InChI=1S/C28H37F2N3O3.C2HF3O2/c1-17(2)35-24-9-6-19(14-25(24)36-18(3)4)28-11-10-21(16-26(28)33(5)13-12-28)32-27(34)31-20-7-8-22(29)23(30)15-20;3-2(4,5)1(6)7/h6-9,14-15,17-18,21,26H,10-13,16H2,1-5H3,(H2,31,32,34);(H,6,7)/t21-,26+,28+;/m1./s1. The number of anilines is 1. The van der Waals surface area contributed by atoms with Crippen molar-refractivity contribution < 1.29 is 46.1 Å². The van der Waals surface area contributed by atoms with Crippen LogP contribution in [-0.4, -0.2) is 66.1 Å². The largest absolute Gasteiger partial charge is 0.490 e. The zero-order chi connectivity index (χ0) is 32.1. The van der Waals surface area contributed by atoms with Gasteiger partial charge in [0.15, 0.2) is 23.1 Å². The molecule has 43 heavy (non-hydrogen) atoms. The number of nitrogens with one attached hydrogen (secondary N) is 2. The van der Waals surface area contributed by atoms with E-state index >= 15 is 0 Å². The number of alkyl halides is 3. The molecule has 238 valence electrons. The van der Waals surface area contributed by atoms with Gasteiger partial charge in [-0.25, -0.2) is 18.4 Å². The van der Waals surface area contributed by atoms with Gasteiger partial charge in [0.05, 0.1) is 12.2 Å². The zero-order valence-corrected chi connectivity index (χ0v) is 24.7. The Hall–Kier alpha value is -3.61. The molecular formula is C30H38F5N3O5. The number of nitrogens with zero attached hydrogens (tertiary/aromatic N) is 1. The van der Waals surface area contributed by atoms with E-state index in [0.717, 1.165) is 55.9 Å². The minimum absolute atomic E-state index is 0.0242. The molecule has 0 aromatic heterocycles. The fourth-order valence-electron chi connectivity index (χ4n) is 5.69. The number of rotatable bonds is 7. The summed E-state index contributed by atoms with van der Waals surface area (Å²) in [5, 5.41) is 12.8. The number of benzene rings is 2. The Morgan fingerprint density at radius 3 is 2.19 bits per heavy atom. The highest BCUT2D eigenvalue weighted by atomic mass is 19.4. The summed E-state index contributed by atoms with van der Waals surface area (Å²) in [5.41, 5.74) is 1.43. The molecule has 3 N–H and O–H groups in total. The van der Waals surface area contributed by atoms with Crippen molar-refractivity contribution in [2.75, 3.05) is 18.9 Å². The number of likely N-dealkylation sites (N-methyl/N-ethyl adjacent to an activating group) is 1. The molecule has 0 bridgehead atoms. The van der Waals surface area contributed by atoms with Crippen LogP contribution in [0.5, 0.6) is 11.5 Å². The van der Waals surface area contributed by atoms with E-state index in [1.807, 2.05) is 33.8 Å². The third kappa shape index (κ3) is 8.71. The minimum atomic E-state index is -5.08. The van der Waals surface area contributed by atoms with Gasteiger partial charge in [0, 0.05) is 29.3 Å². The molecule has 0 radical (unpaired) electrons. The van der Waals surface area contributed by atoms with Gasteiger partial charge in [-0.1, -0.05) is 6.07 Å². The summed E-state index contributed by atoms with van der Waals surface area (Å²) < 4.78 is 70.6. The van der Waals surface area contributed by atoms with E-state index in [1.54, 1.807) is 0 Å². The predicted octanol–water partition coefficient (Wildman–Crippen LogP) is 6.49. The molecule has 2 aromatic carbocycles. The quantitative estimate of drug-likeness (QED) is 0.308. The molecule has 2 aliphatic rings. The third-order valence-electron chi connectivity index (χ3n) is 7.53. The molecule has 1 aliphatic heterocycles. The molecule has 1 saturated heterocycles. The number of hydrogen-bond donors (Lipinski definition) is 3. The van der Waals surface area contributed by atoms with Crippen LogP contribution in [0.15, 0.2) is 36.4 Å². The summed E-state index contributed by atoms with van der Waals surface area (Å²) in [6, 6.07) is 9.48. The van der Waals surface area contributed by atoms with E-state index in [2.05, 4.69) is 34.7 Å². The number of ether oxygens (including phenoxy) is 2. The maximum atomic E-state index is 13.5. The van der Waals surface area contributed by atoms with Crippen molar-refractivity contribution in [2.24, 2.45) is 0 Å². The summed E-state index contributed by atoms with van der Waals surface area (Å²) in [5.74, 6) is -3.17. The van der Waals surface area contributed by atoms with Gasteiger partial charge in [0.25, 0.3) is 0 Å². The van der Waals surface area contributed by atoms with Gasteiger partial charge in [-0.05, 0) is 96.8 Å². The average molecular weight is 616 g/mol. The SMILES string of the molecule is CC(C)Oc1ccc([C@@]23CC[C@@H](NC(=O)Nc4ccc(F)c(F)c4)C[C@@H]2N(C)CC3)cc1OC(C)C.O=C(O)C(F)(F)F. The molecule has 4 rings (SSSR count). The number of carboxylic acids is 1. The van der Waals surface area contributed by atoms with E-state index in [1.165, 1.54) is 11.6 Å². The molecule has 0 unspecified atom stereocenters. The van der Waals surface area contributed by atoms with E-state index in [0.29, 0.717) is 0 Å². The molecule has 1 aliphatic carbocycles. The van der Waals surface area contributed by atoms with Gasteiger partial charge in [-0.2, -0.15) is 13.2 Å².